The van der Waals surface area contributed by atoms with E-state index in [1.807, 2.05) is 63.7 Å². The summed E-state index contributed by atoms with van der Waals surface area (Å²) in [7, 11) is 1.48. The second-order valence-corrected chi connectivity index (χ2v) is 16.6. The fraction of sp³-hybridized carbons (Fsp3) is 0.705. The van der Waals surface area contributed by atoms with Crippen LogP contribution >= 0.6 is 7.82 Å². The molecular formula is C44H80N2O7P+. The minimum absolute atomic E-state index is 0.0361. The van der Waals surface area contributed by atoms with E-state index in [0.717, 1.165) is 38.5 Å². The summed E-state index contributed by atoms with van der Waals surface area (Å²) in [5.74, 6) is -0.264. The normalized spacial score (nSPS) is 15.8. The summed E-state index contributed by atoms with van der Waals surface area (Å²) in [4.78, 5) is 23.0. The van der Waals surface area contributed by atoms with Gasteiger partial charge in [-0.05, 0) is 51.4 Å². The summed E-state index contributed by atoms with van der Waals surface area (Å²) in [6, 6.07) is -0.899. The van der Waals surface area contributed by atoms with Crippen LogP contribution in [0.1, 0.15) is 142 Å². The highest BCUT2D eigenvalue weighted by molar-refractivity contribution is 7.47. The van der Waals surface area contributed by atoms with E-state index < -0.39 is 26.1 Å². The van der Waals surface area contributed by atoms with Crippen molar-refractivity contribution in [1.82, 2.24) is 5.32 Å². The Morgan fingerprint density at radius 3 is 1.94 bits per heavy atom. The molecule has 4 N–H and O–H groups in total. The van der Waals surface area contributed by atoms with Crippen molar-refractivity contribution in [3.63, 3.8) is 0 Å². The summed E-state index contributed by atoms with van der Waals surface area (Å²) < 4.78 is 23.4. The Bertz CT molecular complexity index is 1130. The number of carbonyl (C=O) groups is 1. The minimum atomic E-state index is -4.37. The van der Waals surface area contributed by atoms with Crippen LogP contribution in [0.5, 0.6) is 0 Å². The van der Waals surface area contributed by atoms with E-state index in [9.17, 15) is 24.5 Å². The van der Waals surface area contributed by atoms with Crippen LogP contribution in [0.3, 0.4) is 0 Å². The zero-order chi connectivity index (χ0) is 40.2. The molecule has 0 saturated carbocycles. The van der Waals surface area contributed by atoms with Crippen LogP contribution in [0.25, 0.3) is 0 Å². The third kappa shape index (κ3) is 36.9. The molecule has 0 aromatic heterocycles. The molecule has 0 aromatic rings. The lowest BCUT2D eigenvalue weighted by Crippen LogP contribution is -2.45. The van der Waals surface area contributed by atoms with E-state index >= 15 is 0 Å². The van der Waals surface area contributed by atoms with Crippen molar-refractivity contribution >= 4 is 13.7 Å². The van der Waals surface area contributed by atoms with Crippen molar-refractivity contribution in [3.05, 3.63) is 72.9 Å². The van der Waals surface area contributed by atoms with Crippen molar-refractivity contribution in [1.29, 1.82) is 0 Å². The highest BCUT2D eigenvalue weighted by Crippen LogP contribution is 2.43. The highest BCUT2D eigenvalue weighted by Gasteiger charge is 2.27. The average Bonchev–Trinajstić information content (AvgIpc) is 3.11. The predicted octanol–water partition coefficient (Wildman–Crippen LogP) is 10.2. The van der Waals surface area contributed by atoms with Gasteiger partial charge in [-0.1, -0.05) is 157 Å². The summed E-state index contributed by atoms with van der Waals surface area (Å²) >= 11 is 0. The smallest absolute Gasteiger partial charge is 0.389 e. The Morgan fingerprint density at radius 1 is 0.704 bits per heavy atom. The van der Waals surface area contributed by atoms with Crippen molar-refractivity contribution in [2.75, 3.05) is 40.9 Å². The zero-order valence-corrected chi connectivity index (χ0v) is 35.7. The van der Waals surface area contributed by atoms with Gasteiger partial charge >= 0.3 is 7.82 Å². The largest absolute Gasteiger partial charge is 0.472 e. The number of carbonyl (C=O) groups excluding carboxylic acids is 1. The topological polar surface area (TPSA) is 125 Å². The molecule has 4 atom stereocenters. The van der Waals surface area contributed by atoms with Crippen molar-refractivity contribution in [2.24, 2.45) is 0 Å². The maximum absolute atomic E-state index is 12.8. The van der Waals surface area contributed by atoms with Crippen molar-refractivity contribution in [3.8, 4) is 0 Å². The maximum atomic E-state index is 12.8. The van der Waals surface area contributed by atoms with E-state index in [-0.39, 0.29) is 25.5 Å². The molecule has 0 spiro atoms. The molecule has 312 valence electrons. The number of hydrogen-bond acceptors (Lipinski definition) is 6. The molecule has 0 aliphatic heterocycles. The standard InChI is InChI=1S/C44H79N2O7P/c1-6-8-10-12-14-15-16-17-18-19-20-24-28-32-36-43(48)42(40-53-54(50,51)52-39-38-46(3,4)5)45-44(49)37-33-29-25-22-21-23-27-31-35-41(47)34-30-26-13-11-9-7-2/h9,11,22-23,25-27,30-32,35-36,41-43,47-48H,6-8,10,12-21,24,28-29,33-34,37-40H2,1-5H3,(H-,45,49,50,51)/p+1/b11-9-,25-22-,27-23-,30-26-,35-31+,36-32+/t41?,42-,43+/m0/s1. The Hall–Kier alpha value is -2.10. The SMILES string of the molecule is CC/C=C\C/C=C\CC(O)/C=C/C=C\C/C=C\CCCC(=O)N[C@@H](COP(=O)(O)OCC[N+](C)(C)C)[C@H](O)/C=C/CCCCCCCCCCCCCC. The van der Waals surface area contributed by atoms with Crippen LogP contribution < -0.4 is 5.32 Å². The maximum Gasteiger partial charge on any atom is 0.472 e. The summed E-state index contributed by atoms with van der Waals surface area (Å²) in [5.41, 5.74) is 0. The molecule has 0 saturated heterocycles. The van der Waals surface area contributed by atoms with Crippen LogP contribution in [-0.2, 0) is 18.4 Å². The van der Waals surface area contributed by atoms with Gasteiger partial charge in [-0.3, -0.25) is 13.8 Å². The number of hydrogen-bond donors (Lipinski definition) is 4. The zero-order valence-electron chi connectivity index (χ0n) is 34.8. The number of aliphatic hydroxyl groups is 2. The van der Waals surface area contributed by atoms with Gasteiger partial charge in [0.2, 0.25) is 5.91 Å². The number of phosphoric acid groups is 1. The average molecular weight is 780 g/mol. The number of nitrogens with one attached hydrogen (secondary N) is 1. The summed E-state index contributed by atoms with van der Waals surface area (Å²) in [6.45, 7) is 4.55. The number of unbranched alkanes of at least 4 members (excludes halogenated alkanes) is 13. The first-order chi connectivity index (χ1) is 25.9. The lowest BCUT2D eigenvalue weighted by Gasteiger charge is -2.25. The van der Waals surface area contributed by atoms with Crippen LogP contribution in [0.15, 0.2) is 72.9 Å². The van der Waals surface area contributed by atoms with E-state index in [0.29, 0.717) is 30.3 Å². The van der Waals surface area contributed by atoms with E-state index in [1.54, 1.807) is 12.2 Å². The first kappa shape index (κ1) is 51.9. The first-order valence-electron chi connectivity index (χ1n) is 20.9. The molecule has 0 aliphatic rings. The molecular weight excluding hydrogens is 699 g/mol. The summed E-state index contributed by atoms with van der Waals surface area (Å²) in [6.07, 6.45) is 42.9. The molecule has 0 bridgehead atoms. The number of aliphatic hydroxyl groups excluding tert-OH is 2. The Balaban J connectivity index is 4.67. The van der Waals surface area contributed by atoms with Crippen LogP contribution in [0, 0.1) is 0 Å². The highest BCUT2D eigenvalue weighted by atomic mass is 31.2. The molecule has 54 heavy (non-hydrogen) atoms. The van der Waals surface area contributed by atoms with Gasteiger partial charge in [-0.15, -0.1) is 0 Å². The second-order valence-electron chi connectivity index (χ2n) is 15.2. The van der Waals surface area contributed by atoms with Gasteiger partial charge < -0.3 is 24.9 Å². The number of amides is 1. The Kier molecular flexibility index (Phi) is 33.9. The van der Waals surface area contributed by atoms with Gasteiger partial charge in [-0.25, -0.2) is 4.57 Å². The number of phosphoric ester groups is 1. The third-order valence-electron chi connectivity index (χ3n) is 8.76. The molecule has 0 heterocycles. The van der Waals surface area contributed by atoms with Gasteiger partial charge in [0.25, 0.3) is 0 Å². The summed E-state index contributed by atoms with van der Waals surface area (Å²) in [5, 5.41) is 23.8. The lowest BCUT2D eigenvalue weighted by atomic mass is 10.0. The van der Waals surface area contributed by atoms with E-state index in [4.69, 9.17) is 9.05 Å². The number of allylic oxidation sites excluding steroid dienone is 9. The molecule has 0 radical (unpaired) electrons. The Morgan fingerprint density at radius 2 is 1.30 bits per heavy atom. The number of likely N-dealkylation sites (N-methyl/N-ethyl adjacent to an activating group) is 1. The third-order valence-corrected chi connectivity index (χ3v) is 9.75. The van der Waals surface area contributed by atoms with Crippen LogP contribution in [0.4, 0.5) is 0 Å². The van der Waals surface area contributed by atoms with Gasteiger partial charge in [-0.2, -0.15) is 0 Å². The fourth-order valence-corrected chi connectivity index (χ4v) is 6.13. The molecule has 0 aromatic carbocycles. The van der Waals surface area contributed by atoms with Crippen LogP contribution in [-0.4, -0.2) is 84.6 Å². The number of rotatable bonds is 36. The van der Waals surface area contributed by atoms with Crippen molar-refractivity contribution in [2.45, 2.75) is 161 Å². The monoisotopic (exact) mass is 780 g/mol. The molecule has 0 fully saturated rings. The quantitative estimate of drug-likeness (QED) is 0.0164. The molecule has 9 nitrogen and oxygen atoms in total. The molecule has 0 aliphatic carbocycles. The Labute approximate surface area is 330 Å². The van der Waals surface area contributed by atoms with Crippen LogP contribution in [0.2, 0.25) is 0 Å². The number of quaternary nitrogens is 1. The molecule has 1 amide bonds. The molecule has 0 rings (SSSR count). The number of nitrogens with zero attached hydrogens (tertiary/aromatic N) is 1. The molecule has 10 heteroatoms. The van der Waals surface area contributed by atoms with E-state index in [1.165, 1.54) is 64.2 Å². The van der Waals surface area contributed by atoms with Gasteiger partial charge in [0.15, 0.2) is 0 Å². The fourth-order valence-electron chi connectivity index (χ4n) is 5.39. The van der Waals surface area contributed by atoms with Gasteiger partial charge in [0.1, 0.15) is 13.2 Å². The van der Waals surface area contributed by atoms with Gasteiger partial charge in [0.05, 0.1) is 46.0 Å². The first-order valence-corrected chi connectivity index (χ1v) is 22.4. The molecule has 2 unspecified atom stereocenters. The second kappa shape index (κ2) is 35.3. The van der Waals surface area contributed by atoms with Crippen molar-refractivity contribution < 1.29 is 38.0 Å². The lowest BCUT2D eigenvalue weighted by molar-refractivity contribution is -0.870. The predicted molar refractivity (Wildman–Crippen MR) is 227 cm³/mol. The minimum Gasteiger partial charge on any atom is -0.389 e. The van der Waals surface area contributed by atoms with Gasteiger partial charge in [0, 0.05) is 6.42 Å². The van der Waals surface area contributed by atoms with E-state index in [2.05, 4.69) is 37.4 Å².